The van der Waals surface area contributed by atoms with Crippen LogP contribution >= 0.6 is 11.6 Å². The fourth-order valence-corrected chi connectivity index (χ4v) is 1.32. The van der Waals surface area contributed by atoms with Gasteiger partial charge in [-0.3, -0.25) is 4.79 Å². The molecule has 0 bridgehead atoms. The number of hydrogen-bond acceptors (Lipinski definition) is 3. The number of anilines is 1. The summed E-state index contributed by atoms with van der Waals surface area (Å²) in [4.78, 5) is 15.6. The molecule has 1 aromatic heterocycles. The summed E-state index contributed by atoms with van der Waals surface area (Å²) >= 11 is 5.72. The summed E-state index contributed by atoms with van der Waals surface area (Å²) < 4.78 is 0. The molecule has 0 fully saturated rings. The number of carbonyl (C=O) groups is 1. The lowest BCUT2D eigenvalue weighted by Gasteiger charge is -2.11. The van der Waals surface area contributed by atoms with Crippen molar-refractivity contribution in [2.75, 3.05) is 12.4 Å². The van der Waals surface area contributed by atoms with Gasteiger partial charge in [-0.1, -0.05) is 11.6 Å². The minimum Gasteiger partial charge on any atom is -0.387 e. The van der Waals surface area contributed by atoms with Crippen molar-refractivity contribution in [3.05, 3.63) is 23.0 Å². The topological polar surface area (TPSA) is 54.0 Å². The van der Waals surface area contributed by atoms with Crippen LogP contribution in [0.25, 0.3) is 0 Å². The lowest BCUT2D eigenvalue weighted by Crippen LogP contribution is -2.30. The third-order valence-corrected chi connectivity index (χ3v) is 2.01. The number of pyridine rings is 1. The number of nitrogens with zero attached hydrogens (tertiary/aromatic N) is 1. The second kappa shape index (κ2) is 4.98. The van der Waals surface area contributed by atoms with E-state index in [1.807, 2.05) is 13.8 Å². The van der Waals surface area contributed by atoms with E-state index < -0.39 is 0 Å². The molecule has 2 N–H and O–H groups in total. The highest BCUT2D eigenvalue weighted by molar-refractivity contribution is 6.29. The number of aromatic nitrogens is 1. The van der Waals surface area contributed by atoms with Gasteiger partial charge in [0, 0.05) is 19.3 Å². The van der Waals surface area contributed by atoms with Crippen molar-refractivity contribution in [2.24, 2.45) is 0 Å². The summed E-state index contributed by atoms with van der Waals surface area (Å²) in [6.07, 6.45) is 1.46. The lowest BCUT2D eigenvalue weighted by atomic mass is 10.2. The van der Waals surface area contributed by atoms with Crippen molar-refractivity contribution in [3.8, 4) is 0 Å². The van der Waals surface area contributed by atoms with E-state index in [2.05, 4.69) is 15.6 Å². The first-order valence-corrected chi connectivity index (χ1v) is 5.06. The summed E-state index contributed by atoms with van der Waals surface area (Å²) in [6, 6.07) is 1.72. The molecule has 0 atom stereocenters. The number of hydrogen-bond donors (Lipinski definition) is 2. The maximum atomic E-state index is 11.7. The zero-order valence-corrected chi connectivity index (χ0v) is 9.72. The summed E-state index contributed by atoms with van der Waals surface area (Å²) in [7, 11) is 1.73. The molecule has 0 saturated heterocycles. The molecule has 1 aromatic rings. The van der Waals surface area contributed by atoms with Crippen LogP contribution in [0.15, 0.2) is 12.3 Å². The fraction of sp³-hybridized carbons (Fsp3) is 0.400. The lowest BCUT2D eigenvalue weighted by molar-refractivity contribution is 0.0943. The molecule has 4 nitrogen and oxygen atoms in total. The van der Waals surface area contributed by atoms with Crippen LogP contribution in [-0.2, 0) is 0 Å². The van der Waals surface area contributed by atoms with E-state index >= 15 is 0 Å². The molecule has 0 aliphatic carbocycles. The van der Waals surface area contributed by atoms with Gasteiger partial charge in [0.1, 0.15) is 5.15 Å². The van der Waals surface area contributed by atoms with E-state index in [1.165, 1.54) is 6.20 Å². The van der Waals surface area contributed by atoms with Crippen LogP contribution in [0.2, 0.25) is 5.15 Å². The highest BCUT2D eigenvalue weighted by atomic mass is 35.5. The average Bonchev–Trinajstić information content (AvgIpc) is 2.16. The van der Waals surface area contributed by atoms with Crippen LogP contribution in [-0.4, -0.2) is 24.0 Å². The van der Waals surface area contributed by atoms with Crippen LogP contribution in [0.1, 0.15) is 24.2 Å². The highest BCUT2D eigenvalue weighted by Gasteiger charge is 2.12. The smallest absolute Gasteiger partial charge is 0.255 e. The second-order valence-electron chi connectivity index (χ2n) is 3.43. The van der Waals surface area contributed by atoms with E-state index in [-0.39, 0.29) is 11.9 Å². The Bertz CT molecular complexity index is 366. The van der Waals surface area contributed by atoms with Crippen molar-refractivity contribution in [1.82, 2.24) is 10.3 Å². The van der Waals surface area contributed by atoms with Crippen LogP contribution in [0.4, 0.5) is 5.69 Å². The Balaban J connectivity index is 2.97. The number of nitrogens with one attached hydrogen (secondary N) is 2. The van der Waals surface area contributed by atoms with Crippen molar-refractivity contribution in [1.29, 1.82) is 0 Å². The summed E-state index contributed by atoms with van der Waals surface area (Å²) in [6.45, 7) is 3.81. The molecule has 0 saturated carbocycles. The SMILES string of the molecule is CNc1cc(Cl)ncc1C(=O)NC(C)C. The van der Waals surface area contributed by atoms with E-state index in [1.54, 1.807) is 13.1 Å². The van der Waals surface area contributed by atoms with Gasteiger partial charge in [-0.2, -0.15) is 0 Å². The zero-order chi connectivity index (χ0) is 11.4. The molecular formula is C10H14ClN3O. The Morgan fingerprint density at radius 2 is 2.20 bits per heavy atom. The van der Waals surface area contributed by atoms with Gasteiger partial charge in [0.2, 0.25) is 0 Å². The van der Waals surface area contributed by atoms with Gasteiger partial charge in [0.15, 0.2) is 0 Å². The van der Waals surface area contributed by atoms with Gasteiger partial charge in [-0.25, -0.2) is 4.98 Å². The molecule has 0 aliphatic rings. The molecule has 0 radical (unpaired) electrons. The first-order chi connectivity index (χ1) is 7.04. The monoisotopic (exact) mass is 227 g/mol. The van der Waals surface area contributed by atoms with Crippen LogP contribution in [0.5, 0.6) is 0 Å². The van der Waals surface area contributed by atoms with Gasteiger partial charge in [-0.05, 0) is 19.9 Å². The maximum Gasteiger partial charge on any atom is 0.255 e. The van der Waals surface area contributed by atoms with E-state index in [9.17, 15) is 4.79 Å². The number of rotatable bonds is 3. The quantitative estimate of drug-likeness (QED) is 0.776. The van der Waals surface area contributed by atoms with Crippen molar-refractivity contribution in [3.63, 3.8) is 0 Å². The predicted octanol–water partition coefficient (Wildman–Crippen LogP) is 1.91. The Labute approximate surface area is 94.0 Å². The van der Waals surface area contributed by atoms with Gasteiger partial charge in [0.05, 0.1) is 11.3 Å². The van der Waals surface area contributed by atoms with Gasteiger partial charge in [-0.15, -0.1) is 0 Å². The van der Waals surface area contributed by atoms with Gasteiger partial charge in [0.25, 0.3) is 5.91 Å². The summed E-state index contributed by atoms with van der Waals surface area (Å²) in [5.41, 5.74) is 1.17. The molecule has 1 heterocycles. The Hall–Kier alpha value is -1.29. The first kappa shape index (κ1) is 11.8. The largest absolute Gasteiger partial charge is 0.387 e. The zero-order valence-electron chi connectivity index (χ0n) is 8.97. The van der Waals surface area contributed by atoms with E-state index in [0.29, 0.717) is 16.4 Å². The Kier molecular flexibility index (Phi) is 3.91. The fourth-order valence-electron chi connectivity index (χ4n) is 1.16. The molecule has 5 heteroatoms. The van der Waals surface area contributed by atoms with Crippen molar-refractivity contribution in [2.45, 2.75) is 19.9 Å². The molecule has 82 valence electrons. The van der Waals surface area contributed by atoms with E-state index in [4.69, 9.17) is 11.6 Å². The number of halogens is 1. The number of amides is 1. The summed E-state index contributed by atoms with van der Waals surface area (Å²) in [5.74, 6) is -0.154. The maximum absolute atomic E-state index is 11.7. The van der Waals surface area contributed by atoms with Gasteiger partial charge < -0.3 is 10.6 Å². The van der Waals surface area contributed by atoms with Crippen molar-refractivity contribution < 1.29 is 4.79 Å². The number of carbonyl (C=O) groups excluding carboxylic acids is 1. The first-order valence-electron chi connectivity index (χ1n) is 4.68. The third kappa shape index (κ3) is 3.09. The molecule has 15 heavy (non-hydrogen) atoms. The summed E-state index contributed by atoms with van der Waals surface area (Å²) in [5, 5.41) is 6.06. The molecule has 1 amide bonds. The standard InChI is InChI=1S/C10H14ClN3O/c1-6(2)14-10(15)7-5-13-9(11)4-8(7)12-3/h4-6H,1-3H3,(H,12,13)(H,14,15). The third-order valence-electron chi connectivity index (χ3n) is 1.80. The molecular weight excluding hydrogens is 214 g/mol. The predicted molar refractivity (Wildman–Crippen MR) is 61.4 cm³/mol. The normalized spacial score (nSPS) is 10.2. The van der Waals surface area contributed by atoms with E-state index in [0.717, 1.165) is 0 Å². The minimum absolute atomic E-state index is 0.0953. The Morgan fingerprint density at radius 3 is 2.73 bits per heavy atom. The molecule has 1 rings (SSSR count). The van der Waals surface area contributed by atoms with Crippen molar-refractivity contribution >= 4 is 23.2 Å². The molecule has 0 aliphatic heterocycles. The average molecular weight is 228 g/mol. The molecule has 0 unspecified atom stereocenters. The minimum atomic E-state index is -0.154. The van der Waals surface area contributed by atoms with Crippen LogP contribution < -0.4 is 10.6 Å². The second-order valence-corrected chi connectivity index (χ2v) is 3.82. The van der Waals surface area contributed by atoms with Gasteiger partial charge >= 0.3 is 0 Å². The Morgan fingerprint density at radius 1 is 1.53 bits per heavy atom. The molecule has 0 aromatic carbocycles. The molecule has 0 spiro atoms. The van der Waals surface area contributed by atoms with Crippen LogP contribution in [0, 0.1) is 0 Å². The van der Waals surface area contributed by atoms with Crippen LogP contribution in [0.3, 0.4) is 0 Å². The highest BCUT2D eigenvalue weighted by Crippen LogP contribution is 2.17.